The third kappa shape index (κ3) is 3.20. The average molecular weight is 237 g/mol. The van der Waals surface area contributed by atoms with Crippen molar-refractivity contribution in [2.24, 2.45) is 0 Å². The molecule has 1 aromatic carbocycles. The fourth-order valence-corrected chi connectivity index (χ4v) is 1.83. The first-order chi connectivity index (χ1) is 8.01. The summed E-state index contributed by atoms with van der Waals surface area (Å²) in [4.78, 5) is 0. The molecule has 3 nitrogen and oxygen atoms in total. The van der Waals surface area contributed by atoms with Crippen molar-refractivity contribution >= 4 is 0 Å². The van der Waals surface area contributed by atoms with Crippen LogP contribution in [0.15, 0.2) is 18.2 Å². The molecule has 0 fully saturated rings. The van der Waals surface area contributed by atoms with E-state index >= 15 is 0 Å². The maximum atomic E-state index is 10.2. The van der Waals surface area contributed by atoms with Gasteiger partial charge in [-0.25, -0.2) is 0 Å². The zero-order valence-electron chi connectivity index (χ0n) is 11.3. The van der Waals surface area contributed by atoms with Gasteiger partial charge >= 0.3 is 0 Å². The number of aliphatic hydroxyl groups is 1. The van der Waals surface area contributed by atoms with E-state index in [1.807, 2.05) is 32.2 Å². The first-order valence-electron chi connectivity index (χ1n) is 6.04. The highest BCUT2D eigenvalue weighted by Gasteiger charge is 2.17. The van der Waals surface area contributed by atoms with Gasteiger partial charge in [-0.1, -0.05) is 19.9 Å². The average Bonchev–Trinajstić information content (AvgIpc) is 2.35. The zero-order chi connectivity index (χ0) is 13.0. The van der Waals surface area contributed by atoms with Gasteiger partial charge in [0.1, 0.15) is 5.75 Å². The summed E-state index contributed by atoms with van der Waals surface area (Å²) < 4.78 is 5.33. The van der Waals surface area contributed by atoms with E-state index in [2.05, 4.69) is 19.2 Å². The fourth-order valence-electron chi connectivity index (χ4n) is 1.83. The van der Waals surface area contributed by atoms with E-state index in [0.29, 0.717) is 5.92 Å². The van der Waals surface area contributed by atoms with Gasteiger partial charge < -0.3 is 15.2 Å². The van der Waals surface area contributed by atoms with Crippen LogP contribution in [0.4, 0.5) is 0 Å². The molecule has 2 atom stereocenters. The summed E-state index contributed by atoms with van der Waals surface area (Å²) >= 11 is 0. The largest absolute Gasteiger partial charge is 0.496 e. The Hall–Kier alpha value is -1.06. The van der Waals surface area contributed by atoms with Crippen LogP contribution in [0.3, 0.4) is 0 Å². The Morgan fingerprint density at radius 3 is 2.35 bits per heavy atom. The summed E-state index contributed by atoms with van der Waals surface area (Å²) in [6, 6.07) is 5.91. The van der Waals surface area contributed by atoms with Crippen LogP contribution < -0.4 is 10.1 Å². The van der Waals surface area contributed by atoms with Crippen LogP contribution in [0, 0.1) is 0 Å². The van der Waals surface area contributed by atoms with Gasteiger partial charge in [-0.05, 0) is 43.1 Å². The van der Waals surface area contributed by atoms with Crippen LogP contribution in [0.25, 0.3) is 0 Å². The standard InChI is InChI=1S/C14H23NO2/c1-9(2)12-8-11(6-7-13(12)17-5)14(16)10(3)15-4/h6-10,14-16H,1-5H3. The lowest BCUT2D eigenvalue weighted by Gasteiger charge is -2.21. The zero-order valence-corrected chi connectivity index (χ0v) is 11.3. The van der Waals surface area contributed by atoms with Gasteiger partial charge in [0.25, 0.3) is 0 Å². The van der Waals surface area contributed by atoms with Crippen LogP contribution >= 0.6 is 0 Å². The molecule has 17 heavy (non-hydrogen) atoms. The molecule has 1 rings (SSSR count). The van der Waals surface area contributed by atoms with Crippen LogP contribution in [0.5, 0.6) is 5.75 Å². The molecule has 0 aliphatic rings. The first-order valence-corrected chi connectivity index (χ1v) is 6.04. The SMILES string of the molecule is CNC(C)C(O)c1ccc(OC)c(C(C)C)c1. The molecule has 0 saturated carbocycles. The Kier molecular flexibility index (Phi) is 4.97. The smallest absolute Gasteiger partial charge is 0.122 e. The van der Waals surface area contributed by atoms with Crippen LogP contribution in [-0.2, 0) is 0 Å². The second-order valence-corrected chi connectivity index (χ2v) is 4.68. The molecular formula is C14H23NO2. The van der Waals surface area contributed by atoms with E-state index in [1.165, 1.54) is 0 Å². The number of aliphatic hydroxyl groups excluding tert-OH is 1. The Morgan fingerprint density at radius 1 is 1.24 bits per heavy atom. The van der Waals surface area contributed by atoms with Crippen molar-refractivity contribution < 1.29 is 9.84 Å². The maximum Gasteiger partial charge on any atom is 0.122 e. The minimum absolute atomic E-state index is 0.0309. The molecule has 0 saturated heterocycles. The number of rotatable bonds is 5. The molecule has 0 aromatic heterocycles. The number of hydrogen-bond acceptors (Lipinski definition) is 3. The van der Waals surface area contributed by atoms with Gasteiger partial charge in [-0.3, -0.25) is 0 Å². The molecule has 0 amide bonds. The quantitative estimate of drug-likeness (QED) is 0.826. The molecule has 96 valence electrons. The van der Waals surface area contributed by atoms with Crippen molar-refractivity contribution in [2.75, 3.05) is 14.2 Å². The van der Waals surface area contributed by atoms with E-state index < -0.39 is 6.10 Å². The van der Waals surface area contributed by atoms with Crippen LogP contribution in [0.2, 0.25) is 0 Å². The number of hydrogen-bond donors (Lipinski definition) is 2. The number of ether oxygens (including phenoxy) is 1. The molecular weight excluding hydrogens is 214 g/mol. The van der Waals surface area contributed by atoms with Gasteiger partial charge in [0.15, 0.2) is 0 Å². The van der Waals surface area contributed by atoms with Crippen molar-refractivity contribution in [2.45, 2.75) is 38.8 Å². The molecule has 0 spiro atoms. The highest BCUT2D eigenvalue weighted by molar-refractivity contribution is 5.40. The molecule has 3 heteroatoms. The van der Waals surface area contributed by atoms with Gasteiger partial charge in [0.2, 0.25) is 0 Å². The highest BCUT2D eigenvalue weighted by atomic mass is 16.5. The number of methoxy groups -OCH3 is 1. The van der Waals surface area contributed by atoms with E-state index in [0.717, 1.165) is 16.9 Å². The normalized spacial score (nSPS) is 14.8. The number of likely N-dealkylation sites (N-methyl/N-ethyl adjacent to an activating group) is 1. The third-order valence-electron chi connectivity index (χ3n) is 3.15. The van der Waals surface area contributed by atoms with Gasteiger partial charge in [0, 0.05) is 6.04 Å². The third-order valence-corrected chi connectivity index (χ3v) is 3.15. The lowest BCUT2D eigenvalue weighted by molar-refractivity contribution is 0.140. The Bertz CT molecular complexity index is 363. The summed E-state index contributed by atoms with van der Waals surface area (Å²) in [5.74, 6) is 1.26. The van der Waals surface area contributed by atoms with Crippen LogP contribution in [0.1, 0.15) is 43.9 Å². The molecule has 1 aromatic rings. The first kappa shape index (κ1) is 14.0. The number of nitrogens with one attached hydrogen (secondary N) is 1. The van der Waals surface area contributed by atoms with Crippen molar-refractivity contribution in [3.63, 3.8) is 0 Å². The molecule has 2 unspecified atom stereocenters. The van der Waals surface area contributed by atoms with E-state index in [-0.39, 0.29) is 6.04 Å². The molecule has 0 aliphatic heterocycles. The van der Waals surface area contributed by atoms with Crippen molar-refractivity contribution in [1.29, 1.82) is 0 Å². The summed E-state index contributed by atoms with van der Waals surface area (Å²) in [5, 5.41) is 13.2. The van der Waals surface area contributed by atoms with Gasteiger partial charge in [0.05, 0.1) is 13.2 Å². The Labute approximate surface area is 104 Å². The fraction of sp³-hybridized carbons (Fsp3) is 0.571. The lowest BCUT2D eigenvalue weighted by Crippen LogP contribution is -2.28. The lowest BCUT2D eigenvalue weighted by atomic mass is 9.95. The second kappa shape index (κ2) is 6.03. The van der Waals surface area contributed by atoms with Crippen molar-refractivity contribution in [3.8, 4) is 5.75 Å². The Balaban J connectivity index is 3.07. The van der Waals surface area contributed by atoms with E-state index in [9.17, 15) is 5.11 Å². The monoisotopic (exact) mass is 237 g/mol. The molecule has 0 radical (unpaired) electrons. The summed E-state index contributed by atoms with van der Waals surface area (Å²) in [5.41, 5.74) is 2.06. The summed E-state index contributed by atoms with van der Waals surface area (Å²) in [6.07, 6.45) is -0.497. The topological polar surface area (TPSA) is 41.5 Å². The van der Waals surface area contributed by atoms with Crippen molar-refractivity contribution in [1.82, 2.24) is 5.32 Å². The van der Waals surface area contributed by atoms with Crippen molar-refractivity contribution in [3.05, 3.63) is 29.3 Å². The highest BCUT2D eigenvalue weighted by Crippen LogP contribution is 2.30. The number of benzene rings is 1. The molecule has 0 heterocycles. The maximum absolute atomic E-state index is 10.2. The minimum Gasteiger partial charge on any atom is -0.496 e. The predicted molar refractivity (Wildman–Crippen MR) is 70.6 cm³/mol. The second-order valence-electron chi connectivity index (χ2n) is 4.68. The minimum atomic E-state index is -0.497. The summed E-state index contributed by atoms with van der Waals surface area (Å²) in [6.45, 7) is 6.20. The Morgan fingerprint density at radius 2 is 1.88 bits per heavy atom. The molecule has 0 bridgehead atoms. The van der Waals surface area contributed by atoms with E-state index in [1.54, 1.807) is 7.11 Å². The predicted octanol–water partition coefficient (Wildman–Crippen LogP) is 2.46. The van der Waals surface area contributed by atoms with Crippen LogP contribution in [-0.4, -0.2) is 25.3 Å². The molecule has 2 N–H and O–H groups in total. The van der Waals surface area contributed by atoms with Gasteiger partial charge in [-0.2, -0.15) is 0 Å². The van der Waals surface area contributed by atoms with E-state index in [4.69, 9.17) is 4.74 Å². The van der Waals surface area contributed by atoms with Gasteiger partial charge in [-0.15, -0.1) is 0 Å². The summed E-state index contributed by atoms with van der Waals surface area (Å²) in [7, 11) is 3.52. The molecule has 0 aliphatic carbocycles.